The van der Waals surface area contributed by atoms with Gasteiger partial charge in [-0.3, -0.25) is 14.1 Å². The minimum atomic E-state index is -4.55. The van der Waals surface area contributed by atoms with Gasteiger partial charge in [0.05, 0.1) is 0 Å². The number of allylic oxidation sites excluding steroid dienone is 1. The van der Waals surface area contributed by atoms with Crippen molar-refractivity contribution in [1.82, 2.24) is 0 Å². The van der Waals surface area contributed by atoms with E-state index < -0.39 is 26.6 Å². The van der Waals surface area contributed by atoms with Crippen molar-refractivity contribution >= 4 is 42.5 Å². The molecule has 0 radical (unpaired) electrons. The van der Waals surface area contributed by atoms with Crippen molar-refractivity contribution in [2.45, 2.75) is 0 Å². The van der Waals surface area contributed by atoms with Crippen molar-refractivity contribution in [3.05, 3.63) is 39.9 Å². The molecule has 0 atom stereocenters. The Hall–Kier alpha value is -1.31. The van der Waals surface area contributed by atoms with Gasteiger partial charge < -0.3 is 0 Å². The number of hydrogen-bond acceptors (Lipinski definition) is 4. The Labute approximate surface area is 105 Å². The van der Waals surface area contributed by atoms with Crippen LogP contribution in [0.25, 0.3) is 4.91 Å². The lowest BCUT2D eigenvalue weighted by atomic mass is 9.95. The first kappa shape index (κ1) is 12.2. The Morgan fingerprint density at radius 3 is 2.35 bits per heavy atom. The highest BCUT2D eigenvalue weighted by Crippen LogP contribution is 2.30. The van der Waals surface area contributed by atoms with E-state index in [-0.39, 0.29) is 11.1 Å². The first-order valence-electron chi connectivity index (χ1n) is 4.38. The third kappa shape index (κ3) is 2.08. The number of Topliss-reactive ketones (excluding diaryl/α,β-unsaturated/α-hetero) is 1. The fourth-order valence-corrected chi connectivity index (χ4v) is 2.59. The zero-order valence-corrected chi connectivity index (χ0v) is 10.6. The molecule has 0 bridgehead atoms. The predicted octanol–water partition coefficient (Wildman–Crippen LogP) is 1.44. The summed E-state index contributed by atoms with van der Waals surface area (Å²) in [6.07, 6.45) is 0.631. The molecule has 0 aliphatic heterocycles. The van der Waals surface area contributed by atoms with Crippen molar-refractivity contribution in [3.8, 4) is 0 Å². The van der Waals surface area contributed by atoms with E-state index in [1.807, 2.05) is 0 Å². The van der Waals surface area contributed by atoms with Crippen LogP contribution in [0.15, 0.2) is 28.7 Å². The molecule has 0 heterocycles. The van der Waals surface area contributed by atoms with Crippen molar-refractivity contribution in [2.75, 3.05) is 0 Å². The van der Waals surface area contributed by atoms with Gasteiger partial charge in [0.1, 0.15) is 4.91 Å². The molecule has 0 aromatic heterocycles. The third-order valence-corrected chi connectivity index (χ3v) is 3.64. The summed E-state index contributed by atoms with van der Waals surface area (Å²) in [5.74, 6) is -1.76. The van der Waals surface area contributed by atoms with Crippen molar-refractivity contribution in [3.63, 3.8) is 0 Å². The van der Waals surface area contributed by atoms with E-state index in [2.05, 4.69) is 15.9 Å². The maximum atomic E-state index is 11.5. The summed E-state index contributed by atoms with van der Waals surface area (Å²) in [6.45, 7) is 0. The molecule has 5 nitrogen and oxygen atoms in total. The summed E-state index contributed by atoms with van der Waals surface area (Å²) in [6, 6.07) is 4.20. The van der Waals surface area contributed by atoms with Crippen LogP contribution in [0.1, 0.15) is 15.9 Å². The highest BCUT2D eigenvalue weighted by atomic mass is 79.9. The highest BCUT2D eigenvalue weighted by molar-refractivity contribution is 9.10. The molecule has 0 saturated carbocycles. The summed E-state index contributed by atoms with van der Waals surface area (Å²) >= 11 is 3.12. The average molecular weight is 317 g/mol. The van der Waals surface area contributed by atoms with Crippen LogP contribution in [0, 0.1) is 0 Å². The summed E-state index contributed by atoms with van der Waals surface area (Å²) in [4.78, 5) is 22.2. The van der Waals surface area contributed by atoms with E-state index in [1.165, 1.54) is 18.2 Å². The molecule has 88 valence electrons. The zero-order valence-electron chi connectivity index (χ0n) is 8.18. The van der Waals surface area contributed by atoms with E-state index in [4.69, 9.17) is 4.55 Å². The van der Waals surface area contributed by atoms with E-state index in [1.54, 1.807) is 0 Å². The number of fused-ring (bicyclic) bond motifs is 1. The van der Waals surface area contributed by atoms with Crippen molar-refractivity contribution in [2.24, 2.45) is 0 Å². The molecule has 0 spiro atoms. The van der Waals surface area contributed by atoms with Crippen LogP contribution in [0.5, 0.6) is 0 Å². The van der Waals surface area contributed by atoms with Gasteiger partial charge in [-0.1, -0.05) is 15.9 Å². The van der Waals surface area contributed by atoms with Crippen LogP contribution < -0.4 is 0 Å². The smallest absolute Gasteiger partial charge is 0.286 e. The fourth-order valence-electron chi connectivity index (χ4n) is 1.53. The summed E-state index contributed by atoms with van der Waals surface area (Å²) in [5, 5.41) is 0. The van der Waals surface area contributed by atoms with E-state index in [0.717, 1.165) is 0 Å². The summed E-state index contributed by atoms with van der Waals surface area (Å²) in [5.41, 5.74) is -0.0141. The van der Waals surface area contributed by atoms with Gasteiger partial charge in [0.2, 0.25) is 11.6 Å². The number of hydrogen-bond donors (Lipinski definition) is 1. The van der Waals surface area contributed by atoms with Crippen LogP contribution in [0.2, 0.25) is 0 Å². The zero-order chi connectivity index (χ0) is 12.8. The van der Waals surface area contributed by atoms with Crippen LogP contribution >= 0.6 is 15.9 Å². The first-order chi connectivity index (χ1) is 7.80. The number of rotatable bonds is 1. The number of carbonyl (C=O) groups is 2. The van der Waals surface area contributed by atoms with E-state index in [0.29, 0.717) is 10.5 Å². The molecular weight excluding hydrogens is 312 g/mol. The Kier molecular flexibility index (Phi) is 2.76. The molecule has 1 aliphatic carbocycles. The second kappa shape index (κ2) is 3.86. The van der Waals surface area contributed by atoms with Gasteiger partial charge in [0.15, 0.2) is 0 Å². The van der Waals surface area contributed by atoms with Crippen LogP contribution in [-0.4, -0.2) is 24.5 Å². The van der Waals surface area contributed by atoms with Gasteiger partial charge in [-0.15, -0.1) is 0 Å². The molecule has 1 N–H and O–H groups in total. The fraction of sp³-hybridized carbons (Fsp3) is 0. The standard InChI is InChI=1S/C10H5BrO5S/c11-5-1-2-6-7(3-5)9(17(14,15)16)4-8(12)10(6)13/h1-4H,(H,14,15,16). The first-order valence-corrected chi connectivity index (χ1v) is 6.62. The van der Waals surface area contributed by atoms with Gasteiger partial charge in [0, 0.05) is 21.7 Å². The van der Waals surface area contributed by atoms with Crippen LogP contribution in [-0.2, 0) is 14.9 Å². The Bertz CT molecular complexity index is 672. The molecule has 0 unspecified atom stereocenters. The lowest BCUT2D eigenvalue weighted by molar-refractivity contribution is -0.110. The SMILES string of the molecule is O=C1C=C(S(=O)(=O)O)c2cc(Br)ccc2C1=O. The number of benzene rings is 1. The van der Waals surface area contributed by atoms with Gasteiger partial charge in [-0.05, 0) is 18.2 Å². The lowest BCUT2D eigenvalue weighted by Gasteiger charge is -2.14. The molecule has 0 fully saturated rings. The summed E-state index contributed by atoms with van der Waals surface area (Å²) < 4.78 is 31.8. The molecule has 2 rings (SSSR count). The Balaban J connectivity index is 2.82. The normalized spacial score (nSPS) is 15.5. The lowest BCUT2D eigenvalue weighted by Crippen LogP contribution is -2.21. The minimum Gasteiger partial charge on any atom is -0.286 e. The minimum absolute atomic E-state index is 0.0199. The maximum Gasteiger partial charge on any atom is 0.295 e. The van der Waals surface area contributed by atoms with Crippen molar-refractivity contribution < 1.29 is 22.6 Å². The molecular formula is C10H5BrO5S. The monoisotopic (exact) mass is 316 g/mol. The Morgan fingerprint density at radius 2 is 1.76 bits per heavy atom. The predicted molar refractivity (Wildman–Crippen MR) is 63.0 cm³/mol. The number of carbonyl (C=O) groups excluding carboxylic acids is 2. The van der Waals surface area contributed by atoms with E-state index >= 15 is 0 Å². The average Bonchev–Trinajstić information content (AvgIpc) is 2.21. The van der Waals surface area contributed by atoms with Gasteiger partial charge in [0.25, 0.3) is 10.1 Å². The molecule has 17 heavy (non-hydrogen) atoms. The molecule has 1 aliphatic rings. The van der Waals surface area contributed by atoms with Crippen LogP contribution in [0.3, 0.4) is 0 Å². The molecule has 7 heteroatoms. The second-order valence-electron chi connectivity index (χ2n) is 3.37. The van der Waals surface area contributed by atoms with Crippen molar-refractivity contribution in [1.29, 1.82) is 0 Å². The van der Waals surface area contributed by atoms with E-state index in [9.17, 15) is 18.0 Å². The third-order valence-electron chi connectivity index (χ3n) is 2.26. The topological polar surface area (TPSA) is 88.5 Å². The second-order valence-corrected chi connectivity index (χ2v) is 5.67. The number of halogens is 1. The quantitative estimate of drug-likeness (QED) is 0.625. The molecule has 1 aromatic carbocycles. The van der Waals surface area contributed by atoms with Gasteiger partial charge >= 0.3 is 0 Å². The highest BCUT2D eigenvalue weighted by Gasteiger charge is 2.31. The summed E-state index contributed by atoms with van der Waals surface area (Å²) in [7, 11) is -4.55. The molecule has 0 amide bonds. The Morgan fingerprint density at radius 1 is 1.12 bits per heavy atom. The van der Waals surface area contributed by atoms with Gasteiger partial charge in [-0.25, -0.2) is 0 Å². The maximum absolute atomic E-state index is 11.5. The largest absolute Gasteiger partial charge is 0.295 e. The molecule has 0 saturated heterocycles. The molecule has 1 aromatic rings. The van der Waals surface area contributed by atoms with Gasteiger partial charge in [-0.2, -0.15) is 8.42 Å². The number of ketones is 2. The van der Waals surface area contributed by atoms with Crippen LogP contribution in [0.4, 0.5) is 0 Å².